The Kier molecular flexibility index (Phi) is 5.09. The number of benzene rings is 2. The number of amides is 1. The lowest BCUT2D eigenvalue weighted by molar-refractivity contribution is 0.152. The van der Waals surface area contributed by atoms with Gasteiger partial charge in [0.15, 0.2) is 0 Å². The highest BCUT2D eigenvalue weighted by Gasteiger charge is 2.09. The number of para-hydroxylation sites is 1. The average Bonchev–Trinajstić information content (AvgIpc) is 2.95. The van der Waals surface area contributed by atoms with Crippen molar-refractivity contribution in [2.45, 2.75) is 13.5 Å². The van der Waals surface area contributed by atoms with Gasteiger partial charge in [-0.3, -0.25) is 0 Å². The molecule has 1 amide bonds. The fourth-order valence-corrected chi connectivity index (χ4v) is 2.64. The first kappa shape index (κ1) is 16.7. The molecule has 6 heteroatoms. The third-order valence-corrected chi connectivity index (χ3v) is 3.75. The number of carbonyl (C=O) groups is 1. The number of hydrazone groups is 1. The van der Waals surface area contributed by atoms with E-state index in [4.69, 9.17) is 4.74 Å². The topological polar surface area (TPSA) is 55.6 Å². The molecule has 0 fully saturated rings. The van der Waals surface area contributed by atoms with Crippen LogP contribution in [0.1, 0.15) is 18.1 Å². The van der Waals surface area contributed by atoms with Crippen molar-refractivity contribution in [2.75, 3.05) is 6.61 Å². The molecular weight excluding hydrogens is 321 g/mol. The summed E-state index contributed by atoms with van der Waals surface area (Å²) in [6.07, 6.45) is 2.83. The summed E-state index contributed by atoms with van der Waals surface area (Å²) >= 11 is 0. The molecule has 1 heterocycles. The molecule has 0 spiro atoms. The van der Waals surface area contributed by atoms with Gasteiger partial charge in [-0.1, -0.05) is 36.4 Å². The third-order valence-electron chi connectivity index (χ3n) is 3.75. The van der Waals surface area contributed by atoms with E-state index in [0.29, 0.717) is 12.1 Å². The Balaban J connectivity index is 1.89. The van der Waals surface area contributed by atoms with Crippen LogP contribution in [0.5, 0.6) is 0 Å². The molecule has 1 N–H and O–H groups in total. The van der Waals surface area contributed by atoms with Gasteiger partial charge in [0, 0.05) is 28.2 Å². The minimum Gasteiger partial charge on any atom is -0.449 e. The first-order valence-corrected chi connectivity index (χ1v) is 7.96. The van der Waals surface area contributed by atoms with Crippen LogP contribution in [-0.4, -0.2) is 23.5 Å². The molecule has 128 valence electrons. The second-order valence-corrected chi connectivity index (χ2v) is 5.41. The van der Waals surface area contributed by atoms with Gasteiger partial charge in [0.25, 0.3) is 0 Å². The third kappa shape index (κ3) is 3.85. The molecule has 0 unspecified atom stereocenters. The first-order chi connectivity index (χ1) is 12.2. The molecule has 0 bridgehead atoms. The molecule has 0 aliphatic heterocycles. The molecule has 0 aliphatic carbocycles. The van der Waals surface area contributed by atoms with Crippen molar-refractivity contribution in [1.82, 2.24) is 9.99 Å². The maximum absolute atomic E-state index is 13.9. The maximum atomic E-state index is 13.9. The zero-order valence-electron chi connectivity index (χ0n) is 13.8. The Morgan fingerprint density at radius 1 is 1.24 bits per heavy atom. The first-order valence-electron chi connectivity index (χ1n) is 7.96. The van der Waals surface area contributed by atoms with Crippen molar-refractivity contribution in [2.24, 2.45) is 5.10 Å². The van der Waals surface area contributed by atoms with Gasteiger partial charge in [-0.05, 0) is 19.1 Å². The quantitative estimate of drug-likeness (QED) is 0.566. The summed E-state index contributed by atoms with van der Waals surface area (Å²) in [5.74, 6) is -0.237. The van der Waals surface area contributed by atoms with Gasteiger partial charge in [0.05, 0.1) is 19.4 Å². The van der Waals surface area contributed by atoms with E-state index in [9.17, 15) is 9.18 Å². The number of nitrogens with zero attached hydrogens (tertiary/aromatic N) is 2. The highest BCUT2D eigenvalue weighted by molar-refractivity contribution is 5.99. The van der Waals surface area contributed by atoms with Gasteiger partial charge < -0.3 is 9.30 Å². The van der Waals surface area contributed by atoms with Crippen molar-refractivity contribution in [3.8, 4) is 0 Å². The predicted octanol–water partition coefficient (Wildman–Crippen LogP) is 3.91. The smallest absolute Gasteiger partial charge is 0.427 e. The molecule has 0 radical (unpaired) electrons. The molecule has 3 rings (SSSR count). The predicted molar refractivity (Wildman–Crippen MR) is 95.2 cm³/mol. The number of nitrogens with one attached hydrogen (secondary N) is 1. The molecule has 5 nitrogen and oxygen atoms in total. The van der Waals surface area contributed by atoms with E-state index in [2.05, 4.69) is 10.5 Å². The Bertz CT molecular complexity index is 918. The Morgan fingerprint density at radius 3 is 2.80 bits per heavy atom. The summed E-state index contributed by atoms with van der Waals surface area (Å²) in [5.41, 5.74) is 4.70. The summed E-state index contributed by atoms with van der Waals surface area (Å²) in [7, 11) is 0. The molecule has 25 heavy (non-hydrogen) atoms. The zero-order chi connectivity index (χ0) is 17.6. The van der Waals surface area contributed by atoms with Crippen molar-refractivity contribution < 1.29 is 13.9 Å². The van der Waals surface area contributed by atoms with Crippen molar-refractivity contribution >= 4 is 23.2 Å². The molecule has 1 aromatic heterocycles. The normalized spacial score (nSPS) is 11.1. The van der Waals surface area contributed by atoms with E-state index in [1.54, 1.807) is 25.3 Å². The monoisotopic (exact) mass is 339 g/mol. The van der Waals surface area contributed by atoms with Crippen LogP contribution in [0.2, 0.25) is 0 Å². The van der Waals surface area contributed by atoms with Gasteiger partial charge in [-0.2, -0.15) is 5.10 Å². The SMILES string of the molecule is CCOC(=O)NN=Cc1cn(Cc2ccccc2F)c2ccccc12. The van der Waals surface area contributed by atoms with Crippen LogP contribution in [0, 0.1) is 5.82 Å². The van der Waals surface area contributed by atoms with E-state index in [0.717, 1.165) is 16.5 Å². The minimum atomic E-state index is -0.603. The van der Waals surface area contributed by atoms with E-state index in [1.807, 2.05) is 41.1 Å². The van der Waals surface area contributed by atoms with Gasteiger partial charge in [0.2, 0.25) is 0 Å². The lowest BCUT2D eigenvalue weighted by Gasteiger charge is -2.06. The molecule has 3 aromatic rings. The Morgan fingerprint density at radius 2 is 2.00 bits per heavy atom. The van der Waals surface area contributed by atoms with Gasteiger partial charge in [-0.15, -0.1) is 0 Å². The maximum Gasteiger partial charge on any atom is 0.427 e. The largest absolute Gasteiger partial charge is 0.449 e. The van der Waals surface area contributed by atoms with E-state index in [1.165, 1.54) is 6.07 Å². The number of ether oxygens (including phenoxy) is 1. The van der Waals surface area contributed by atoms with E-state index in [-0.39, 0.29) is 12.4 Å². The zero-order valence-corrected chi connectivity index (χ0v) is 13.8. The Labute approximate surface area is 144 Å². The number of halogens is 1. The summed E-state index contributed by atoms with van der Waals surface area (Å²) in [4.78, 5) is 11.3. The summed E-state index contributed by atoms with van der Waals surface area (Å²) < 4.78 is 20.7. The molecule has 2 aromatic carbocycles. The highest BCUT2D eigenvalue weighted by Crippen LogP contribution is 2.21. The minimum absolute atomic E-state index is 0.237. The summed E-state index contributed by atoms with van der Waals surface area (Å²) in [6, 6.07) is 14.5. The van der Waals surface area contributed by atoms with Crippen LogP contribution in [0.3, 0.4) is 0 Å². The fourth-order valence-electron chi connectivity index (χ4n) is 2.64. The van der Waals surface area contributed by atoms with Gasteiger partial charge in [-0.25, -0.2) is 14.6 Å². The molecule has 0 atom stereocenters. The number of hydrogen-bond acceptors (Lipinski definition) is 3. The van der Waals surface area contributed by atoms with Crippen LogP contribution < -0.4 is 5.43 Å². The fraction of sp³-hybridized carbons (Fsp3) is 0.158. The lowest BCUT2D eigenvalue weighted by atomic mass is 10.2. The molecule has 0 aliphatic rings. The van der Waals surface area contributed by atoms with Crippen molar-refractivity contribution in [1.29, 1.82) is 0 Å². The van der Waals surface area contributed by atoms with Gasteiger partial charge >= 0.3 is 6.09 Å². The average molecular weight is 339 g/mol. The number of fused-ring (bicyclic) bond motifs is 1. The lowest BCUT2D eigenvalue weighted by Crippen LogP contribution is -2.18. The molecule has 0 saturated heterocycles. The number of hydrogen-bond donors (Lipinski definition) is 1. The van der Waals surface area contributed by atoms with Crippen LogP contribution in [0.15, 0.2) is 59.8 Å². The van der Waals surface area contributed by atoms with Crippen LogP contribution in [0.4, 0.5) is 9.18 Å². The summed E-state index contributed by atoms with van der Waals surface area (Å²) in [5, 5.41) is 4.88. The van der Waals surface area contributed by atoms with E-state index < -0.39 is 6.09 Å². The number of carbonyl (C=O) groups excluding carboxylic acids is 1. The van der Waals surface area contributed by atoms with Crippen LogP contribution in [-0.2, 0) is 11.3 Å². The molecule has 0 saturated carbocycles. The second kappa shape index (κ2) is 7.61. The van der Waals surface area contributed by atoms with E-state index >= 15 is 0 Å². The molecular formula is C19H18FN3O2. The highest BCUT2D eigenvalue weighted by atomic mass is 19.1. The number of rotatable bonds is 5. The number of aromatic nitrogens is 1. The standard InChI is InChI=1S/C19H18FN3O2/c1-2-25-19(24)22-21-11-15-13-23(18-10-6-4-8-16(15)18)12-14-7-3-5-9-17(14)20/h3-11,13H,2,12H2,1H3,(H,22,24). The Hall–Kier alpha value is -3.15. The van der Waals surface area contributed by atoms with Crippen LogP contribution >= 0.6 is 0 Å². The second-order valence-electron chi connectivity index (χ2n) is 5.41. The van der Waals surface area contributed by atoms with Crippen molar-refractivity contribution in [3.05, 3.63) is 71.7 Å². The summed E-state index contributed by atoms with van der Waals surface area (Å²) in [6.45, 7) is 2.41. The van der Waals surface area contributed by atoms with Crippen molar-refractivity contribution in [3.63, 3.8) is 0 Å². The van der Waals surface area contributed by atoms with Crippen LogP contribution in [0.25, 0.3) is 10.9 Å². The van der Waals surface area contributed by atoms with Gasteiger partial charge in [0.1, 0.15) is 5.82 Å².